The first-order valence-corrected chi connectivity index (χ1v) is 5.87. The van der Waals surface area contributed by atoms with E-state index in [0.717, 1.165) is 12.3 Å². The summed E-state index contributed by atoms with van der Waals surface area (Å²) in [5.41, 5.74) is 2.63. The van der Waals surface area contributed by atoms with Crippen LogP contribution in [0.1, 0.15) is 19.4 Å². The number of hydrogen-bond acceptors (Lipinski definition) is 2. The lowest BCUT2D eigenvalue weighted by atomic mass is 10.2. The first kappa shape index (κ1) is 13.1. The van der Waals surface area contributed by atoms with Crippen LogP contribution in [0.5, 0.6) is 5.75 Å². The molecule has 0 fully saturated rings. The van der Waals surface area contributed by atoms with Crippen LogP contribution in [0.2, 0.25) is 0 Å². The van der Waals surface area contributed by atoms with Crippen molar-refractivity contribution in [2.45, 2.75) is 26.4 Å². The number of nitrogens with one attached hydrogen (secondary N) is 1. The molecule has 1 N–H and O–H groups in total. The summed E-state index contributed by atoms with van der Waals surface area (Å²) in [6.07, 6.45) is 1.77. The number of hydrogen-bond donors (Lipinski definition) is 1. The van der Waals surface area contributed by atoms with Gasteiger partial charge in [0.2, 0.25) is 0 Å². The van der Waals surface area contributed by atoms with E-state index >= 15 is 0 Å². The fourth-order valence-electron chi connectivity index (χ4n) is 1.28. The van der Waals surface area contributed by atoms with Gasteiger partial charge in [-0.2, -0.15) is 0 Å². The molecule has 0 aliphatic heterocycles. The normalized spacial score (nSPS) is 11.2. The lowest BCUT2D eigenvalue weighted by molar-refractivity contribution is 0.357. The molecule has 0 heterocycles. The van der Waals surface area contributed by atoms with E-state index in [-0.39, 0.29) is 0 Å². The van der Waals surface area contributed by atoms with Crippen molar-refractivity contribution in [3.63, 3.8) is 0 Å². The summed E-state index contributed by atoms with van der Waals surface area (Å²) in [7, 11) is 0. The second kappa shape index (κ2) is 7.31. The molecule has 0 bridgehead atoms. The maximum Gasteiger partial charge on any atom is 0.124 e. The predicted octanol–water partition coefficient (Wildman–Crippen LogP) is 3.32. The summed E-state index contributed by atoms with van der Waals surface area (Å²) in [5, 5.41) is 3.37. The number of rotatable bonds is 6. The highest BCUT2D eigenvalue weighted by atomic mass is 35.5. The molecule has 0 saturated heterocycles. The van der Waals surface area contributed by atoms with Crippen LogP contribution in [0, 0.1) is 0 Å². The molecule has 0 aliphatic carbocycles. The standard InChI is InChI=1S/C13H18ClNO/c1-11(2)15-10-12-6-3-4-7-13(12)16-9-5-8-14/h3-8,11,15H,9-10H2,1-2H3/b8-5+. The van der Waals surface area contributed by atoms with E-state index in [2.05, 4.69) is 25.2 Å². The van der Waals surface area contributed by atoms with Crippen molar-refractivity contribution < 1.29 is 4.74 Å². The molecule has 0 aliphatic rings. The van der Waals surface area contributed by atoms with Crippen LogP contribution in [-0.2, 0) is 6.54 Å². The molecular weight excluding hydrogens is 222 g/mol. The lowest BCUT2D eigenvalue weighted by Crippen LogP contribution is -2.22. The van der Waals surface area contributed by atoms with E-state index in [4.69, 9.17) is 16.3 Å². The SMILES string of the molecule is CC(C)NCc1ccccc1OC/C=C/Cl. The van der Waals surface area contributed by atoms with Gasteiger partial charge in [-0.25, -0.2) is 0 Å². The number of ether oxygens (including phenoxy) is 1. The Morgan fingerprint density at radius 3 is 2.81 bits per heavy atom. The zero-order valence-electron chi connectivity index (χ0n) is 9.74. The lowest BCUT2D eigenvalue weighted by Gasteiger charge is -2.12. The van der Waals surface area contributed by atoms with Crippen LogP contribution in [0.25, 0.3) is 0 Å². The highest BCUT2D eigenvalue weighted by molar-refractivity contribution is 6.25. The second-order valence-electron chi connectivity index (χ2n) is 3.82. The van der Waals surface area contributed by atoms with E-state index in [1.54, 1.807) is 6.08 Å². The molecular formula is C13H18ClNO. The topological polar surface area (TPSA) is 21.3 Å². The molecule has 2 nitrogen and oxygen atoms in total. The molecule has 1 aromatic rings. The Hall–Kier alpha value is -0.990. The van der Waals surface area contributed by atoms with Crippen LogP contribution in [-0.4, -0.2) is 12.6 Å². The van der Waals surface area contributed by atoms with E-state index in [9.17, 15) is 0 Å². The van der Waals surface area contributed by atoms with Crippen LogP contribution in [0.3, 0.4) is 0 Å². The van der Waals surface area contributed by atoms with Gasteiger partial charge in [-0.3, -0.25) is 0 Å². The molecule has 88 valence electrons. The Labute approximate surface area is 102 Å². The molecule has 0 unspecified atom stereocenters. The van der Waals surface area contributed by atoms with Gasteiger partial charge in [0.05, 0.1) is 0 Å². The van der Waals surface area contributed by atoms with Crippen molar-refractivity contribution in [1.82, 2.24) is 5.32 Å². The van der Waals surface area contributed by atoms with Crippen molar-refractivity contribution in [3.8, 4) is 5.75 Å². The molecule has 16 heavy (non-hydrogen) atoms. The average molecular weight is 240 g/mol. The minimum absolute atomic E-state index is 0.468. The van der Waals surface area contributed by atoms with Crippen LogP contribution < -0.4 is 10.1 Å². The van der Waals surface area contributed by atoms with Crippen molar-refractivity contribution in [2.75, 3.05) is 6.61 Å². The van der Waals surface area contributed by atoms with Crippen molar-refractivity contribution >= 4 is 11.6 Å². The number of benzene rings is 1. The van der Waals surface area contributed by atoms with Crippen molar-refractivity contribution in [2.24, 2.45) is 0 Å². The van der Waals surface area contributed by atoms with Gasteiger partial charge in [0.15, 0.2) is 0 Å². The van der Waals surface area contributed by atoms with Crippen LogP contribution >= 0.6 is 11.6 Å². The first-order valence-electron chi connectivity index (χ1n) is 5.43. The fraction of sp³-hybridized carbons (Fsp3) is 0.385. The molecule has 0 aromatic heterocycles. The Bertz CT molecular complexity index is 336. The summed E-state index contributed by atoms with van der Waals surface area (Å²) >= 11 is 5.44. The highest BCUT2D eigenvalue weighted by Gasteiger charge is 2.02. The van der Waals surface area contributed by atoms with Gasteiger partial charge < -0.3 is 10.1 Å². The fourth-order valence-corrected chi connectivity index (χ4v) is 1.35. The summed E-state index contributed by atoms with van der Waals surface area (Å²) in [5.74, 6) is 0.908. The van der Waals surface area contributed by atoms with Gasteiger partial charge in [0.25, 0.3) is 0 Å². The molecule has 0 radical (unpaired) electrons. The van der Waals surface area contributed by atoms with E-state index in [0.29, 0.717) is 12.6 Å². The van der Waals surface area contributed by atoms with Crippen molar-refractivity contribution in [1.29, 1.82) is 0 Å². The monoisotopic (exact) mass is 239 g/mol. The third-order valence-corrected chi connectivity index (χ3v) is 2.28. The van der Waals surface area contributed by atoms with Crippen LogP contribution in [0.4, 0.5) is 0 Å². The second-order valence-corrected chi connectivity index (χ2v) is 4.07. The molecule has 0 atom stereocenters. The first-order chi connectivity index (χ1) is 7.74. The minimum Gasteiger partial charge on any atom is -0.489 e. The molecule has 1 rings (SSSR count). The van der Waals surface area contributed by atoms with Crippen molar-refractivity contribution in [3.05, 3.63) is 41.4 Å². The van der Waals surface area contributed by atoms with Crippen LogP contribution in [0.15, 0.2) is 35.9 Å². The zero-order valence-corrected chi connectivity index (χ0v) is 10.5. The Morgan fingerprint density at radius 1 is 1.38 bits per heavy atom. The van der Waals surface area contributed by atoms with E-state index in [1.165, 1.54) is 11.1 Å². The van der Waals surface area contributed by atoms with Gasteiger partial charge in [-0.05, 0) is 12.1 Å². The zero-order chi connectivity index (χ0) is 11.8. The molecule has 0 spiro atoms. The largest absolute Gasteiger partial charge is 0.489 e. The Kier molecular flexibility index (Phi) is 5.98. The highest BCUT2D eigenvalue weighted by Crippen LogP contribution is 2.17. The third kappa shape index (κ3) is 4.69. The molecule has 0 amide bonds. The molecule has 0 saturated carbocycles. The predicted molar refractivity (Wildman–Crippen MR) is 68.9 cm³/mol. The maximum atomic E-state index is 5.60. The van der Waals surface area contributed by atoms with Gasteiger partial charge >= 0.3 is 0 Å². The average Bonchev–Trinajstić information content (AvgIpc) is 2.28. The third-order valence-electron chi connectivity index (χ3n) is 2.10. The minimum atomic E-state index is 0.468. The summed E-state index contributed by atoms with van der Waals surface area (Å²) in [4.78, 5) is 0. The quantitative estimate of drug-likeness (QED) is 0.823. The summed E-state index contributed by atoms with van der Waals surface area (Å²) < 4.78 is 5.60. The number of para-hydroxylation sites is 1. The summed E-state index contributed by atoms with van der Waals surface area (Å²) in [6.45, 7) is 5.57. The number of halogens is 1. The maximum absolute atomic E-state index is 5.60. The van der Waals surface area contributed by atoms with E-state index in [1.807, 2.05) is 18.2 Å². The molecule has 1 aromatic carbocycles. The Morgan fingerprint density at radius 2 is 2.12 bits per heavy atom. The smallest absolute Gasteiger partial charge is 0.124 e. The van der Waals surface area contributed by atoms with Gasteiger partial charge in [0.1, 0.15) is 12.4 Å². The molecule has 3 heteroatoms. The van der Waals surface area contributed by atoms with Gasteiger partial charge in [0, 0.05) is 23.7 Å². The summed E-state index contributed by atoms with van der Waals surface area (Å²) in [6, 6.07) is 8.49. The van der Waals surface area contributed by atoms with Gasteiger partial charge in [-0.1, -0.05) is 43.6 Å². The van der Waals surface area contributed by atoms with Gasteiger partial charge in [-0.15, -0.1) is 0 Å². The van der Waals surface area contributed by atoms with E-state index < -0.39 is 0 Å². The Balaban J connectivity index is 2.60.